The van der Waals surface area contributed by atoms with Crippen molar-refractivity contribution < 1.29 is 41.7 Å². The molecule has 1 atom stereocenters. The van der Waals surface area contributed by atoms with Crippen molar-refractivity contribution in [1.82, 2.24) is 19.4 Å². The van der Waals surface area contributed by atoms with E-state index in [2.05, 4.69) is 9.97 Å². The predicted octanol–water partition coefficient (Wildman–Crippen LogP) is 5.88. The van der Waals surface area contributed by atoms with E-state index in [1.54, 1.807) is 22.8 Å². The largest absolute Gasteiger partial charge is 0.496 e. The summed E-state index contributed by atoms with van der Waals surface area (Å²) in [6.45, 7) is 1.56. The lowest BCUT2D eigenvalue weighted by Gasteiger charge is -2.30. The second-order valence-corrected chi connectivity index (χ2v) is 11.1. The van der Waals surface area contributed by atoms with Crippen molar-refractivity contribution in [3.05, 3.63) is 81.0 Å². The van der Waals surface area contributed by atoms with E-state index < -0.39 is 29.4 Å². The van der Waals surface area contributed by atoms with E-state index >= 15 is 0 Å². The van der Waals surface area contributed by atoms with E-state index in [1.807, 2.05) is 4.90 Å². The number of aromatic carboxylic acids is 1. The third-order valence-corrected chi connectivity index (χ3v) is 8.06. The van der Waals surface area contributed by atoms with Crippen LogP contribution in [0.1, 0.15) is 45.0 Å². The number of alkyl halides is 3. The number of nitrogens with zero attached hydrogens (tertiary/aromatic N) is 4. The molecule has 44 heavy (non-hydrogen) atoms. The maximum Gasteiger partial charge on any atom is 0.421 e. The minimum absolute atomic E-state index is 0.0444. The number of benzene rings is 2. The van der Waals surface area contributed by atoms with Gasteiger partial charge in [-0.05, 0) is 48.7 Å². The van der Waals surface area contributed by atoms with Gasteiger partial charge in [-0.3, -0.25) is 4.90 Å². The highest BCUT2D eigenvalue weighted by Gasteiger charge is 2.37. The smallest absolute Gasteiger partial charge is 0.421 e. The molecule has 0 spiro atoms. The molecule has 9 nitrogen and oxygen atoms in total. The van der Waals surface area contributed by atoms with Gasteiger partial charge in [0, 0.05) is 30.3 Å². The van der Waals surface area contributed by atoms with E-state index in [4.69, 9.17) is 25.8 Å². The zero-order valence-corrected chi connectivity index (χ0v) is 24.2. The molecule has 0 saturated carbocycles. The Bertz CT molecular complexity index is 1740. The summed E-state index contributed by atoms with van der Waals surface area (Å²) in [4.78, 5) is 22.4. The lowest BCUT2D eigenvalue weighted by molar-refractivity contribution is -0.139. The first-order valence-corrected chi connectivity index (χ1v) is 14.2. The molecule has 1 N–H and O–H groups in total. The Balaban J connectivity index is 1.29. The standard InChI is InChI=1S/C30H27ClF4N4O5/c1-42-25-11-19(31)3-2-17(25)15-44-28-21(30(33,34)35)8-16-4-6-38(13-23(16)36-28)14-26-37-27-22(32)9-18(29(40)41)10-24(27)39(26)12-20-5-7-43-20/h2-3,8-11,20H,4-7,12-15H2,1H3,(H,40,41)/t20-/m0/s1. The maximum atomic E-state index is 14.9. The molecule has 6 rings (SSSR count). The third-order valence-electron chi connectivity index (χ3n) is 7.82. The van der Waals surface area contributed by atoms with Gasteiger partial charge in [-0.25, -0.2) is 19.2 Å². The van der Waals surface area contributed by atoms with Gasteiger partial charge in [0.2, 0.25) is 5.88 Å². The zero-order chi connectivity index (χ0) is 31.2. The Hall–Kier alpha value is -3.94. The Morgan fingerprint density at radius 3 is 2.68 bits per heavy atom. The van der Waals surface area contributed by atoms with Crippen molar-refractivity contribution in [2.45, 2.75) is 51.4 Å². The molecule has 0 amide bonds. The summed E-state index contributed by atoms with van der Waals surface area (Å²) in [6.07, 6.45) is -3.72. The molecule has 1 saturated heterocycles. The van der Waals surface area contributed by atoms with Crippen LogP contribution in [-0.4, -0.2) is 56.9 Å². The highest BCUT2D eigenvalue weighted by Crippen LogP contribution is 2.38. The zero-order valence-electron chi connectivity index (χ0n) is 23.5. The van der Waals surface area contributed by atoms with E-state index in [1.165, 1.54) is 13.2 Å². The summed E-state index contributed by atoms with van der Waals surface area (Å²) in [5.41, 5.74) is 0.598. The molecular formula is C30H27ClF4N4O5. The minimum atomic E-state index is -4.69. The summed E-state index contributed by atoms with van der Waals surface area (Å²) in [5, 5.41) is 9.87. The number of hydrogen-bond donors (Lipinski definition) is 1. The van der Waals surface area contributed by atoms with Crippen molar-refractivity contribution in [1.29, 1.82) is 0 Å². The van der Waals surface area contributed by atoms with Gasteiger partial charge in [0.1, 0.15) is 29.3 Å². The summed E-state index contributed by atoms with van der Waals surface area (Å²) >= 11 is 6.00. The Morgan fingerprint density at radius 1 is 1.20 bits per heavy atom. The molecule has 2 aliphatic heterocycles. The third kappa shape index (κ3) is 6.04. The number of aromatic nitrogens is 3. The quantitative estimate of drug-likeness (QED) is 0.228. The van der Waals surface area contributed by atoms with E-state index in [0.29, 0.717) is 65.1 Å². The molecule has 4 heterocycles. The number of pyridine rings is 1. The SMILES string of the molecule is COc1cc(Cl)ccc1COc1nc2c(cc1C(F)(F)F)CCN(Cc1nc3c(F)cc(C(=O)O)cc3n1C[C@@H]1CCO1)C2. The van der Waals surface area contributed by atoms with Gasteiger partial charge in [0.25, 0.3) is 0 Å². The van der Waals surface area contributed by atoms with Crippen molar-refractivity contribution in [3.63, 3.8) is 0 Å². The Morgan fingerprint density at radius 2 is 2.00 bits per heavy atom. The molecule has 0 radical (unpaired) electrons. The molecule has 2 aromatic carbocycles. The van der Waals surface area contributed by atoms with Gasteiger partial charge in [0.05, 0.1) is 43.1 Å². The van der Waals surface area contributed by atoms with Gasteiger partial charge >= 0.3 is 12.1 Å². The van der Waals surface area contributed by atoms with Crippen LogP contribution in [0.5, 0.6) is 11.6 Å². The van der Waals surface area contributed by atoms with Crippen LogP contribution in [-0.2, 0) is 43.6 Å². The fourth-order valence-corrected chi connectivity index (χ4v) is 5.60. The molecule has 14 heteroatoms. The Kier molecular flexibility index (Phi) is 8.12. The van der Waals surface area contributed by atoms with Crippen LogP contribution in [0.15, 0.2) is 36.4 Å². The number of ether oxygens (including phenoxy) is 3. The van der Waals surface area contributed by atoms with E-state index in [0.717, 1.165) is 18.6 Å². The predicted molar refractivity (Wildman–Crippen MR) is 150 cm³/mol. The average Bonchev–Trinajstić information content (AvgIpc) is 3.30. The first-order chi connectivity index (χ1) is 21.0. The number of hydrogen-bond acceptors (Lipinski definition) is 7. The second-order valence-electron chi connectivity index (χ2n) is 10.7. The van der Waals surface area contributed by atoms with Gasteiger partial charge in [-0.1, -0.05) is 17.7 Å². The number of carboxylic acids is 1. The van der Waals surface area contributed by atoms with Crippen molar-refractivity contribution >= 4 is 28.6 Å². The van der Waals surface area contributed by atoms with Crippen LogP contribution < -0.4 is 9.47 Å². The summed E-state index contributed by atoms with van der Waals surface area (Å²) < 4.78 is 75.3. The molecule has 0 unspecified atom stereocenters. The van der Waals surface area contributed by atoms with Crippen molar-refractivity contribution in [3.8, 4) is 11.6 Å². The molecule has 232 valence electrons. The summed E-state index contributed by atoms with van der Waals surface area (Å²) in [5.74, 6) is -1.70. The van der Waals surface area contributed by atoms with Gasteiger partial charge in [-0.2, -0.15) is 13.2 Å². The fraction of sp³-hybridized carbons (Fsp3) is 0.367. The highest BCUT2D eigenvalue weighted by atomic mass is 35.5. The number of carbonyl (C=O) groups is 1. The average molecular weight is 635 g/mol. The number of halogens is 5. The minimum Gasteiger partial charge on any atom is -0.496 e. The van der Waals surface area contributed by atoms with Crippen molar-refractivity contribution in [2.24, 2.45) is 0 Å². The lowest BCUT2D eigenvalue weighted by Crippen LogP contribution is -2.34. The van der Waals surface area contributed by atoms with Crippen LogP contribution in [0.25, 0.3) is 11.0 Å². The van der Waals surface area contributed by atoms with Gasteiger partial charge in [0.15, 0.2) is 5.82 Å². The lowest BCUT2D eigenvalue weighted by atomic mass is 10.0. The van der Waals surface area contributed by atoms with Crippen LogP contribution in [0.2, 0.25) is 5.02 Å². The van der Waals surface area contributed by atoms with Crippen molar-refractivity contribution in [2.75, 3.05) is 20.3 Å². The molecule has 2 aliphatic rings. The summed E-state index contributed by atoms with van der Waals surface area (Å²) in [6, 6.07) is 8.15. The first kappa shape index (κ1) is 30.1. The van der Waals surface area contributed by atoms with Crippen LogP contribution >= 0.6 is 11.6 Å². The first-order valence-electron chi connectivity index (χ1n) is 13.8. The molecule has 0 aliphatic carbocycles. The fourth-order valence-electron chi connectivity index (χ4n) is 5.44. The van der Waals surface area contributed by atoms with Crippen LogP contribution in [0.3, 0.4) is 0 Å². The second kappa shape index (κ2) is 11.9. The monoisotopic (exact) mass is 634 g/mol. The van der Waals surface area contributed by atoms with Crippen LogP contribution in [0.4, 0.5) is 17.6 Å². The van der Waals surface area contributed by atoms with Gasteiger partial charge in [-0.15, -0.1) is 0 Å². The number of imidazole rings is 1. The maximum absolute atomic E-state index is 14.9. The molecule has 4 aromatic rings. The summed E-state index contributed by atoms with van der Waals surface area (Å²) in [7, 11) is 1.43. The molecule has 0 bridgehead atoms. The number of rotatable bonds is 9. The normalized spacial score (nSPS) is 16.9. The van der Waals surface area contributed by atoms with Gasteiger partial charge < -0.3 is 23.9 Å². The topological polar surface area (TPSA) is 98.9 Å². The number of fused-ring (bicyclic) bond motifs is 2. The number of methoxy groups -OCH3 is 1. The van der Waals surface area contributed by atoms with Crippen LogP contribution in [0, 0.1) is 5.82 Å². The Labute approximate surface area is 253 Å². The number of carboxylic acid groups (broad SMARTS) is 1. The molecule has 1 fully saturated rings. The van der Waals surface area contributed by atoms with E-state index in [9.17, 15) is 27.5 Å². The highest BCUT2D eigenvalue weighted by molar-refractivity contribution is 6.30. The molecule has 2 aromatic heterocycles. The molecular weight excluding hydrogens is 608 g/mol. The van der Waals surface area contributed by atoms with E-state index in [-0.39, 0.29) is 36.9 Å².